The van der Waals surface area contributed by atoms with Gasteiger partial charge >= 0.3 is 6.09 Å². The number of benzene rings is 1. The predicted molar refractivity (Wildman–Crippen MR) is 82.0 cm³/mol. The highest BCUT2D eigenvalue weighted by molar-refractivity contribution is 9.10. The summed E-state index contributed by atoms with van der Waals surface area (Å²) in [7, 11) is 0. The molecule has 0 aliphatic heterocycles. The third-order valence-corrected chi connectivity index (χ3v) is 3.36. The van der Waals surface area contributed by atoms with Gasteiger partial charge in [-0.3, -0.25) is 0 Å². The average molecular weight is 367 g/mol. The van der Waals surface area contributed by atoms with E-state index in [0.717, 1.165) is 10.0 Å². The minimum atomic E-state index is -0.672. The van der Waals surface area contributed by atoms with Gasteiger partial charge in [-0.05, 0) is 44.9 Å². The largest absolute Gasteiger partial charge is 0.444 e. The summed E-state index contributed by atoms with van der Waals surface area (Å²) in [6.07, 6.45) is -0.265. The zero-order chi connectivity index (χ0) is 15.3. The molecule has 6 heteroatoms. The Labute approximate surface area is 132 Å². The van der Waals surface area contributed by atoms with Crippen LogP contribution in [-0.2, 0) is 11.2 Å². The van der Waals surface area contributed by atoms with Gasteiger partial charge in [0.25, 0.3) is 0 Å². The maximum absolute atomic E-state index is 13.0. The van der Waals surface area contributed by atoms with Gasteiger partial charge in [-0.2, -0.15) is 0 Å². The highest BCUT2D eigenvalue weighted by Crippen LogP contribution is 2.23. The Morgan fingerprint density at radius 1 is 1.50 bits per heavy atom. The van der Waals surface area contributed by atoms with Crippen molar-refractivity contribution >= 4 is 33.6 Å². The van der Waals surface area contributed by atoms with E-state index in [4.69, 9.17) is 16.3 Å². The van der Waals surface area contributed by atoms with Gasteiger partial charge in [-0.15, -0.1) is 0 Å². The summed E-state index contributed by atoms with van der Waals surface area (Å²) in [5, 5.41) is 3.12. The van der Waals surface area contributed by atoms with Crippen molar-refractivity contribution in [1.82, 2.24) is 5.32 Å². The fourth-order valence-corrected chi connectivity index (χ4v) is 2.42. The smallest absolute Gasteiger partial charge is 0.407 e. The third-order valence-electron chi connectivity index (χ3n) is 2.39. The lowest BCUT2D eigenvalue weighted by Gasteiger charge is -2.22. The van der Waals surface area contributed by atoms with Crippen LogP contribution in [0.5, 0.6) is 0 Å². The zero-order valence-electron chi connectivity index (χ0n) is 11.7. The van der Waals surface area contributed by atoms with Crippen LogP contribution in [0.25, 0.3) is 0 Å². The van der Waals surface area contributed by atoms with Gasteiger partial charge in [0.2, 0.25) is 0 Å². The van der Waals surface area contributed by atoms with Gasteiger partial charge in [0.05, 0.1) is 6.04 Å². The first-order valence-electron chi connectivity index (χ1n) is 6.20. The average Bonchev–Trinajstić information content (AvgIpc) is 2.29. The summed E-state index contributed by atoms with van der Waals surface area (Å²) in [4.78, 5) is 11.6. The van der Waals surface area contributed by atoms with Gasteiger partial charge in [0.15, 0.2) is 0 Å². The lowest BCUT2D eigenvalue weighted by Crippen LogP contribution is -2.41. The van der Waals surface area contributed by atoms with E-state index in [1.54, 1.807) is 39.0 Å². The molecule has 0 radical (unpaired) electrons. The molecule has 0 spiro atoms. The Bertz CT molecular complexity index is 477. The lowest BCUT2D eigenvalue weighted by atomic mass is 10.1. The molecular weight excluding hydrogens is 349 g/mol. The Morgan fingerprint density at radius 3 is 2.65 bits per heavy atom. The number of hydrogen-bond donors (Lipinski definition) is 1. The molecule has 1 atom stereocenters. The summed E-state index contributed by atoms with van der Waals surface area (Å²) in [6, 6.07) is 4.62. The van der Waals surface area contributed by atoms with Crippen LogP contribution in [0.3, 0.4) is 0 Å². The van der Waals surface area contributed by atoms with Crippen molar-refractivity contribution in [2.75, 3.05) is 6.67 Å². The monoisotopic (exact) mass is 365 g/mol. The van der Waals surface area contributed by atoms with Crippen molar-refractivity contribution in [3.63, 3.8) is 0 Å². The molecule has 0 bridgehead atoms. The maximum atomic E-state index is 13.0. The van der Waals surface area contributed by atoms with Crippen LogP contribution in [-0.4, -0.2) is 24.4 Å². The molecule has 112 valence electrons. The Kier molecular flexibility index (Phi) is 6.27. The summed E-state index contributed by atoms with van der Waals surface area (Å²) in [6.45, 7) is 4.60. The van der Waals surface area contributed by atoms with Crippen LogP contribution in [0.2, 0.25) is 5.02 Å². The van der Waals surface area contributed by atoms with E-state index in [0.29, 0.717) is 11.4 Å². The lowest BCUT2D eigenvalue weighted by molar-refractivity contribution is 0.0496. The number of alkyl carbamates (subject to hydrolysis) is 1. The van der Waals surface area contributed by atoms with Crippen LogP contribution in [0.15, 0.2) is 22.7 Å². The molecule has 1 amide bonds. The van der Waals surface area contributed by atoms with Gasteiger partial charge in [0, 0.05) is 9.50 Å². The van der Waals surface area contributed by atoms with E-state index in [1.165, 1.54) is 0 Å². The number of alkyl halides is 1. The van der Waals surface area contributed by atoms with Crippen molar-refractivity contribution in [1.29, 1.82) is 0 Å². The maximum Gasteiger partial charge on any atom is 0.407 e. The van der Waals surface area contributed by atoms with E-state index in [1.807, 2.05) is 0 Å². The SMILES string of the molecule is CC(C)(C)OC(=O)NC(CF)Cc1ccc(Cl)cc1Br. The topological polar surface area (TPSA) is 38.3 Å². The molecule has 1 N–H and O–H groups in total. The van der Waals surface area contributed by atoms with Crippen molar-refractivity contribution < 1.29 is 13.9 Å². The van der Waals surface area contributed by atoms with Gasteiger partial charge in [-0.1, -0.05) is 33.6 Å². The Hall–Kier alpha value is -0.810. The molecule has 0 saturated heterocycles. The Morgan fingerprint density at radius 2 is 2.15 bits per heavy atom. The van der Waals surface area contributed by atoms with Crippen LogP contribution in [0.4, 0.5) is 9.18 Å². The zero-order valence-corrected chi connectivity index (χ0v) is 14.0. The quantitative estimate of drug-likeness (QED) is 0.851. The first-order chi connectivity index (χ1) is 9.21. The minimum Gasteiger partial charge on any atom is -0.444 e. The molecule has 1 rings (SSSR count). The van der Waals surface area contributed by atoms with E-state index in [2.05, 4.69) is 21.2 Å². The second-order valence-corrected chi connectivity index (χ2v) is 6.73. The fourth-order valence-electron chi connectivity index (χ4n) is 1.57. The summed E-state index contributed by atoms with van der Waals surface area (Å²) in [5.41, 5.74) is 0.263. The number of carbonyl (C=O) groups excluding carboxylic acids is 1. The number of halogens is 3. The van der Waals surface area contributed by atoms with E-state index >= 15 is 0 Å². The molecule has 1 unspecified atom stereocenters. The van der Waals surface area contributed by atoms with Crippen LogP contribution in [0, 0.1) is 0 Å². The fraction of sp³-hybridized carbons (Fsp3) is 0.500. The van der Waals surface area contributed by atoms with Crippen molar-refractivity contribution in [3.8, 4) is 0 Å². The van der Waals surface area contributed by atoms with E-state index in [-0.39, 0.29) is 0 Å². The summed E-state index contributed by atoms with van der Waals surface area (Å²) < 4.78 is 18.9. The molecule has 0 aliphatic carbocycles. The Balaban J connectivity index is 2.65. The van der Waals surface area contributed by atoms with E-state index < -0.39 is 24.4 Å². The van der Waals surface area contributed by atoms with Crippen LogP contribution < -0.4 is 5.32 Å². The number of ether oxygens (including phenoxy) is 1. The molecule has 0 aliphatic rings. The van der Waals surface area contributed by atoms with Crippen molar-refractivity contribution in [2.24, 2.45) is 0 Å². The molecular formula is C14H18BrClFNO2. The second kappa shape index (κ2) is 7.27. The van der Waals surface area contributed by atoms with Gasteiger partial charge in [-0.25, -0.2) is 9.18 Å². The number of carbonyl (C=O) groups is 1. The molecule has 20 heavy (non-hydrogen) atoms. The number of amides is 1. The highest BCUT2D eigenvalue weighted by Gasteiger charge is 2.20. The number of hydrogen-bond acceptors (Lipinski definition) is 2. The summed E-state index contributed by atoms with van der Waals surface area (Å²) >= 11 is 9.22. The van der Waals surface area contributed by atoms with Gasteiger partial charge < -0.3 is 10.1 Å². The highest BCUT2D eigenvalue weighted by atomic mass is 79.9. The number of nitrogens with one attached hydrogen (secondary N) is 1. The second-order valence-electron chi connectivity index (χ2n) is 5.44. The molecule has 0 heterocycles. The third kappa shape index (κ3) is 6.09. The number of rotatable bonds is 4. The van der Waals surface area contributed by atoms with Crippen molar-refractivity contribution in [3.05, 3.63) is 33.3 Å². The molecule has 0 aromatic heterocycles. The van der Waals surface area contributed by atoms with E-state index in [9.17, 15) is 9.18 Å². The molecule has 1 aromatic carbocycles. The van der Waals surface area contributed by atoms with Gasteiger partial charge in [0.1, 0.15) is 12.3 Å². The molecule has 3 nitrogen and oxygen atoms in total. The first kappa shape index (κ1) is 17.2. The van der Waals surface area contributed by atoms with Crippen LogP contribution >= 0.6 is 27.5 Å². The standard InChI is InChI=1S/C14H18BrClFNO2/c1-14(2,3)20-13(19)18-11(8-17)6-9-4-5-10(16)7-12(9)15/h4-5,7,11H,6,8H2,1-3H3,(H,18,19). The molecule has 0 saturated carbocycles. The minimum absolute atomic E-state index is 0.355. The predicted octanol–water partition coefficient (Wildman–Crippen LogP) is 4.51. The van der Waals surface area contributed by atoms with Crippen LogP contribution in [0.1, 0.15) is 26.3 Å². The normalized spacial score (nSPS) is 12.9. The molecule has 1 aromatic rings. The molecule has 0 fully saturated rings. The first-order valence-corrected chi connectivity index (χ1v) is 7.38. The summed E-state index contributed by atoms with van der Waals surface area (Å²) in [5.74, 6) is 0. The van der Waals surface area contributed by atoms with Crippen molar-refractivity contribution in [2.45, 2.75) is 38.8 Å².